The highest BCUT2D eigenvalue weighted by Gasteiger charge is 2.24. The van der Waals surface area contributed by atoms with E-state index in [2.05, 4.69) is 15.3 Å². The molecule has 0 spiro atoms. The van der Waals surface area contributed by atoms with Gasteiger partial charge < -0.3 is 15.2 Å². The molecule has 1 aliphatic rings. The number of carbonyl (C=O) groups is 1. The van der Waals surface area contributed by atoms with Gasteiger partial charge in [0, 0.05) is 42.4 Å². The quantitative estimate of drug-likeness (QED) is 0.672. The number of H-pyrrole nitrogens is 1. The zero-order valence-corrected chi connectivity index (χ0v) is 14.2. The highest BCUT2D eigenvalue weighted by atomic mass is 35.5. The predicted molar refractivity (Wildman–Crippen MR) is 95.7 cm³/mol. The topological polar surface area (TPSA) is 61.0 Å². The van der Waals surface area contributed by atoms with Gasteiger partial charge in [0.15, 0.2) is 0 Å². The fraction of sp³-hybridized carbons (Fsp3) is 0.176. The molecule has 0 radical (unpaired) electrons. The molecule has 122 valence electrons. The number of hydrogen-bond acceptors (Lipinski definition) is 2. The van der Waals surface area contributed by atoms with Crippen LogP contribution in [0.2, 0.25) is 10.0 Å². The van der Waals surface area contributed by atoms with E-state index in [0.717, 1.165) is 28.7 Å². The number of fused-ring (bicyclic) bond motifs is 3. The lowest BCUT2D eigenvalue weighted by Gasteiger charge is -2.27. The Morgan fingerprint density at radius 3 is 2.96 bits per heavy atom. The van der Waals surface area contributed by atoms with Gasteiger partial charge in [-0.1, -0.05) is 35.3 Å². The summed E-state index contributed by atoms with van der Waals surface area (Å²) >= 11 is 12.2. The van der Waals surface area contributed by atoms with Crippen molar-refractivity contribution in [1.29, 1.82) is 0 Å². The lowest BCUT2D eigenvalue weighted by atomic mass is 10.1. The maximum atomic E-state index is 12.6. The highest BCUT2D eigenvalue weighted by Crippen LogP contribution is 2.29. The number of carbonyl (C=O) groups excluding carboxylic acids is 1. The Bertz CT molecular complexity index is 937. The number of anilines is 1. The van der Waals surface area contributed by atoms with E-state index in [-0.39, 0.29) is 6.03 Å². The molecule has 2 aromatic heterocycles. The van der Waals surface area contributed by atoms with Crippen molar-refractivity contribution in [2.45, 2.75) is 13.0 Å². The molecule has 2 N–H and O–H groups in total. The summed E-state index contributed by atoms with van der Waals surface area (Å²) in [5, 5.41) is 4.94. The van der Waals surface area contributed by atoms with Crippen LogP contribution in [0.25, 0.3) is 11.0 Å². The molecular formula is C17H14Cl2N4O. The van der Waals surface area contributed by atoms with Crippen molar-refractivity contribution < 1.29 is 4.79 Å². The van der Waals surface area contributed by atoms with Crippen LogP contribution in [0.4, 0.5) is 10.5 Å². The third kappa shape index (κ3) is 2.70. The van der Waals surface area contributed by atoms with Gasteiger partial charge in [0.25, 0.3) is 0 Å². The molecule has 0 fully saturated rings. The Hall–Kier alpha value is -2.24. The van der Waals surface area contributed by atoms with E-state index in [1.54, 1.807) is 23.2 Å². The van der Waals surface area contributed by atoms with Gasteiger partial charge in [0.1, 0.15) is 5.65 Å². The van der Waals surface area contributed by atoms with Crippen LogP contribution in [0.3, 0.4) is 0 Å². The molecule has 0 aliphatic carbocycles. The van der Waals surface area contributed by atoms with Gasteiger partial charge in [0.2, 0.25) is 0 Å². The Kier molecular flexibility index (Phi) is 3.82. The second-order valence-electron chi connectivity index (χ2n) is 5.71. The minimum absolute atomic E-state index is 0.168. The van der Waals surface area contributed by atoms with Crippen LogP contribution in [0.5, 0.6) is 0 Å². The number of amides is 2. The molecule has 2 amide bonds. The van der Waals surface area contributed by atoms with Crippen molar-refractivity contribution in [3.8, 4) is 0 Å². The normalized spacial score (nSPS) is 13.8. The second-order valence-corrected chi connectivity index (χ2v) is 6.56. The number of halogens is 2. The number of aromatic amines is 1. The molecule has 0 atom stereocenters. The van der Waals surface area contributed by atoms with Crippen LogP contribution in [0.1, 0.15) is 11.3 Å². The first-order chi connectivity index (χ1) is 11.6. The zero-order valence-electron chi connectivity index (χ0n) is 12.6. The minimum atomic E-state index is -0.168. The van der Waals surface area contributed by atoms with Gasteiger partial charge in [-0.15, -0.1) is 0 Å². The third-order valence-electron chi connectivity index (χ3n) is 4.20. The summed E-state index contributed by atoms with van der Waals surface area (Å²) in [6, 6.07) is 8.91. The highest BCUT2D eigenvalue weighted by molar-refractivity contribution is 6.33. The van der Waals surface area contributed by atoms with Crippen LogP contribution in [-0.4, -0.2) is 27.4 Å². The molecule has 1 aliphatic heterocycles. The molecule has 5 nitrogen and oxygen atoms in total. The lowest BCUT2D eigenvalue weighted by Crippen LogP contribution is -2.38. The van der Waals surface area contributed by atoms with E-state index >= 15 is 0 Å². The molecule has 0 bridgehead atoms. The smallest absolute Gasteiger partial charge is 0.322 e. The summed E-state index contributed by atoms with van der Waals surface area (Å²) < 4.78 is 0. The molecular weight excluding hydrogens is 347 g/mol. The SMILES string of the molecule is O=C(Nc1ccccc1Cl)N1CCc2[nH]c3ncc(Cl)cc3c2C1. The number of rotatable bonds is 1. The summed E-state index contributed by atoms with van der Waals surface area (Å²) in [6.07, 6.45) is 2.37. The fourth-order valence-electron chi connectivity index (χ4n) is 2.99. The number of aromatic nitrogens is 2. The summed E-state index contributed by atoms with van der Waals surface area (Å²) in [6.45, 7) is 1.14. The third-order valence-corrected chi connectivity index (χ3v) is 4.73. The summed E-state index contributed by atoms with van der Waals surface area (Å²) in [5.74, 6) is 0. The van der Waals surface area contributed by atoms with Gasteiger partial charge >= 0.3 is 6.03 Å². The van der Waals surface area contributed by atoms with Crippen LogP contribution in [-0.2, 0) is 13.0 Å². The van der Waals surface area contributed by atoms with Crippen LogP contribution < -0.4 is 5.32 Å². The number of nitrogens with one attached hydrogen (secondary N) is 2. The molecule has 24 heavy (non-hydrogen) atoms. The van der Waals surface area contributed by atoms with Crippen molar-refractivity contribution >= 4 is 46.0 Å². The maximum Gasteiger partial charge on any atom is 0.322 e. The van der Waals surface area contributed by atoms with Gasteiger partial charge in [-0.2, -0.15) is 0 Å². The molecule has 0 unspecified atom stereocenters. The number of hydrogen-bond donors (Lipinski definition) is 2. The first-order valence-electron chi connectivity index (χ1n) is 7.57. The van der Waals surface area contributed by atoms with E-state index in [1.165, 1.54) is 0 Å². The monoisotopic (exact) mass is 360 g/mol. The zero-order chi connectivity index (χ0) is 16.7. The van der Waals surface area contributed by atoms with Crippen LogP contribution in [0, 0.1) is 0 Å². The predicted octanol–water partition coefficient (Wildman–Crippen LogP) is 4.46. The minimum Gasteiger partial charge on any atom is -0.343 e. The summed E-state index contributed by atoms with van der Waals surface area (Å²) in [7, 11) is 0. The van der Waals surface area contributed by atoms with E-state index in [9.17, 15) is 4.79 Å². The summed E-state index contributed by atoms with van der Waals surface area (Å²) in [5.41, 5.74) is 3.60. The summed E-state index contributed by atoms with van der Waals surface area (Å²) in [4.78, 5) is 21.9. The van der Waals surface area contributed by atoms with Crippen molar-refractivity contribution in [3.63, 3.8) is 0 Å². The van der Waals surface area contributed by atoms with E-state index in [4.69, 9.17) is 23.2 Å². The number of para-hydroxylation sites is 1. The van der Waals surface area contributed by atoms with Gasteiger partial charge in [-0.05, 0) is 18.2 Å². The van der Waals surface area contributed by atoms with Gasteiger partial charge in [-0.25, -0.2) is 9.78 Å². The second kappa shape index (κ2) is 6.00. The van der Waals surface area contributed by atoms with Crippen LogP contribution >= 0.6 is 23.2 Å². The largest absolute Gasteiger partial charge is 0.343 e. The van der Waals surface area contributed by atoms with E-state index < -0.39 is 0 Å². The van der Waals surface area contributed by atoms with Crippen molar-refractivity contribution in [3.05, 3.63) is 57.8 Å². The van der Waals surface area contributed by atoms with Crippen LogP contribution in [0.15, 0.2) is 36.5 Å². The molecule has 0 saturated heterocycles. The first-order valence-corrected chi connectivity index (χ1v) is 8.33. The molecule has 3 aromatic rings. The van der Waals surface area contributed by atoms with Crippen molar-refractivity contribution in [2.24, 2.45) is 0 Å². The van der Waals surface area contributed by atoms with Gasteiger partial charge in [-0.3, -0.25) is 0 Å². The first kappa shape index (κ1) is 15.3. The Balaban J connectivity index is 1.59. The fourth-order valence-corrected chi connectivity index (χ4v) is 3.33. The Labute approximate surface area is 148 Å². The number of benzene rings is 1. The number of pyridine rings is 1. The Morgan fingerprint density at radius 2 is 2.12 bits per heavy atom. The van der Waals surface area contributed by atoms with Crippen molar-refractivity contribution in [1.82, 2.24) is 14.9 Å². The Morgan fingerprint density at radius 1 is 1.29 bits per heavy atom. The molecule has 0 saturated carbocycles. The average molecular weight is 361 g/mol. The van der Waals surface area contributed by atoms with E-state index in [0.29, 0.717) is 28.8 Å². The lowest BCUT2D eigenvalue weighted by molar-refractivity contribution is 0.206. The number of nitrogens with zero attached hydrogens (tertiary/aromatic N) is 2. The van der Waals surface area contributed by atoms with E-state index in [1.807, 2.05) is 18.2 Å². The molecule has 4 rings (SSSR count). The standard InChI is InChI=1S/C17H14Cl2N4O/c18-10-7-11-12-9-23(6-5-14(12)21-16(11)20-8-10)17(24)22-15-4-2-1-3-13(15)19/h1-4,7-8H,5-6,9H2,(H,20,21)(H,22,24). The van der Waals surface area contributed by atoms with Crippen molar-refractivity contribution in [2.75, 3.05) is 11.9 Å². The number of urea groups is 1. The maximum absolute atomic E-state index is 12.6. The van der Waals surface area contributed by atoms with Gasteiger partial charge in [0.05, 0.1) is 15.7 Å². The molecule has 7 heteroatoms. The average Bonchev–Trinajstić information content (AvgIpc) is 2.94. The molecule has 1 aromatic carbocycles. The molecule has 3 heterocycles.